The summed E-state index contributed by atoms with van der Waals surface area (Å²) in [5.74, 6) is -0.532. The molecule has 1 heterocycles. The van der Waals surface area contributed by atoms with Gasteiger partial charge in [0.25, 0.3) is 5.56 Å². The molecule has 9 heteroatoms. The Morgan fingerprint density at radius 2 is 1.52 bits per heavy atom. The Morgan fingerprint density at radius 1 is 0.903 bits per heavy atom. The van der Waals surface area contributed by atoms with Crippen LogP contribution in [0.15, 0.2) is 93.6 Å². The van der Waals surface area contributed by atoms with E-state index in [0.717, 1.165) is 0 Å². The summed E-state index contributed by atoms with van der Waals surface area (Å²) in [4.78, 5) is 26.1. The molecular formula is C22H16ClN3O4S. The van der Waals surface area contributed by atoms with E-state index in [1.807, 2.05) is 0 Å². The number of nitrogens with one attached hydrogen (secondary N) is 1. The second-order valence-electron chi connectivity index (χ2n) is 6.72. The quantitative estimate of drug-likeness (QED) is 0.500. The van der Waals surface area contributed by atoms with Gasteiger partial charge in [0.15, 0.2) is 5.03 Å². The lowest BCUT2D eigenvalue weighted by atomic mass is 10.1. The topological polar surface area (TPSA) is 98.1 Å². The highest BCUT2D eigenvalue weighted by Crippen LogP contribution is 2.24. The molecule has 4 aromatic rings. The largest absolute Gasteiger partial charge is 0.294 e. The Hall–Kier alpha value is -3.49. The van der Waals surface area contributed by atoms with Crippen LogP contribution >= 0.6 is 11.6 Å². The van der Waals surface area contributed by atoms with Crippen molar-refractivity contribution in [1.82, 2.24) is 9.89 Å². The van der Waals surface area contributed by atoms with Crippen LogP contribution < -0.4 is 11.0 Å². The fraction of sp³-hybridized carbons (Fsp3) is 0.0455. The first-order valence-corrected chi connectivity index (χ1v) is 11.1. The van der Waals surface area contributed by atoms with Gasteiger partial charge in [-0.05, 0) is 35.9 Å². The van der Waals surface area contributed by atoms with Gasteiger partial charge in [-0.15, -0.1) is 9.89 Å². The maximum absolute atomic E-state index is 13.2. The second kappa shape index (κ2) is 8.33. The first kappa shape index (κ1) is 20.8. The summed E-state index contributed by atoms with van der Waals surface area (Å²) in [6.07, 6.45) is -0.0428. The molecule has 0 fully saturated rings. The monoisotopic (exact) mass is 453 g/mol. The zero-order chi connectivity index (χ0) is 22.0. The fourth-order valence-corrected chi connectivity index (χ4v) is 4.61. The van der Waals surface area contributed by atoms with E-state index in [1.165, 1.54) is 24.3 Å². The number of aromatic nitrogens is 2. The van der Waals surface area contributed by atoms with Crippen molar-refractivity contribution in [1.29, 1.82) is 0 Å². The average molecular weight is 454 g/mol. The number of rotatable bonds is 5. The number of hydrogen-bond donors (Lipinski definition) is 1. The minimum Gasteiger partial charge on any atom is -0.273 e. The molecule has 1 N–H and O–H groups in total. The predicted molar refractivity (Wildman–Crippen MR) is 117 cm³/mol. The first-order chi connectivity index (χ1) is 14.9. The van der Waals surface area contributed by atoms with Gasteiger partial charge in [0, 0.05) is 10.4 Å². The van der Waals surface area contributed by atoms with E-state index < -0.39 is 21.3 Å². The summed E-state index contributed by atoms with van der Waals surface area (Å²) in [7, 11) is -4.04. The highest BCUT2D eigenvalue weighted by atomic mass is 35.5. The van der Waals surface area contributed by atoms with Crippen LogP contribution in [0, 0.1) is 0 Å². The van der Waals surface area contributed by atoms with Crippen LogP contribution in [0.3, 0.4) is 0 Å². The van der Waals surface area contributed by atoms with Gasteiger partial charge < -0.3 is 0 Å². The van der Waals surface area contributed by atoms with Crippen LogP contribution in [0.25, 0.3) is 10.8 Å². The number of sulfone groups is 1. The summed E-state index contributed by atoms with van der Waals surface area (Å²) in [6.45, 7) is 0. The maximum Gasteiger partial charge on any atom is 0.294 e. The zero-order valence-electron chi connectivity index (χ0n) is 16.0. The minimum atomic E-state index is -4.04. The van der Waals surface area contributed by atoms with Gasteiger partial charge in [0.05, 0.1) is 16.7 Å². The molecule has 156 valence electrons. The molecule has 4 rings (SSSR count). The molecule has 7 nitrogen and oxygen atoms in total. The Bertz CT molecular complexity index is 1430. The van der Waals surface area contributed by atoms with Gasteiger partial charge in [-0.1, -0.05) is 60.1 Å². The normalized spacial score (nSPS) is 11.4. The van der Waals surface area contributed by atoms with E-state index in [4.69, 9.17) is 11.6 Å². The molecule has 0 atom stereocenters. The van der Waals surface area contributed by atoms with E-state index >= 15 is 0 Å². The molecule has 31 heavy (non-hydrogen) atoms. The predicted octanol–water partition coefficient (Wildman–Crippen LogP) is 3.20. The number of benzene rings is 3. The second-order valence-corrected chi connectivity index (χ2v) is 9.02. The van der Waals surface area contributed by atoms with Crippen LogP contribution in [-0.4, -0.2) is 24.2 Å². The summed E-state index contributed by atoms with van der Waals surface area (Å²) in [5, 5.41) is 4.53. The van der Waals surface area contributed by atoms with Gasteiger partial charge in [0.2, 0.25) is 15.7 Å². The molecular weight excluding hydrogens is 438 g/mol. The van der Waals surface area contributed by atoms with Crippen LogP contribution in [0.1, 0.15) is 5.56 Å². The molecule has 1 amide bonds. The van der Waals surface area contributed by atoms with Crippen LogP contribution in [0.4, 0.5) is 0 Å². The molecule has 1 aromatic heterocycles. The van der Waals surface area contributed by atoms with E-state index in [0.29, 0.717) is 15.4 Å². The number of amides is 1. The lowest BCUT2D eigenvalue weighted by Gasteiger charge is -2.12. The highest BCUT2D eigenvalue weighted by Gasteiger charge is 2.25. The van der Waals surface area contributed by atoms with Gasteiger partial charge in [-0.3, -0.25) is 9.59 Å². The third-order valence-corrected chi connectivity index (χ3v) is 6.54. The number of carbonyl (C=O) groups is 1. The summed E-state index contributed by atoms with van der Waals surface area (Å²) < 4.78 is 26.4. The molecule has 0 aliphatic heterocycles. The van der Waals surface area contributed by atoms with Crippen molar-refractivity contribution in [2.45, 2.75) is 16.3 Å². The molecule has 0 spiro atoms. The van der Waals surface area contributed by atoms with Crippen LogP contribution in [0.2, 0.25) is 5.02 Å². The molecule has 0 radical (unpaired) electrons. The van der Waals surface area contributed by atoms with Crippen molar-refractivity contribution in [3.05, 3.63) is 99.8 Å². The smallest absolute Gasteiger partial charge is 0.273 e. The van der Waals surface area contributed by atoms with Gasteiger partial charge in [-0.2, -0.15) is 0 Å². The Labute approximate surface area is 182 Å². The number of carbonyl (C=O) groups excluding carboxylic acids is 1. The number of fused-ring (bicyclic) bond motifs is 1. The number of nitrogens with zero attached hydrogens (tertiary/aromatic N) is 2. The minimum absolute atomic E-state index is 0.0327. The maximum atomic E-state index is 13.2. The van der Waals surface area contributed by atoms with Crippen LogP contribution in [0.5, 0.6) is 0 Å². The molecule has 0 unspecified atom stereocenters. The highest BCUT2D eigenvalue weighted by molar-refractivity contribution is 7.91. The third-order valence-electron chi connectivity index (χ3n) is 4.59. The van der Waals surface area contributed by atoms with Crippen molar-refractivity contribution in [3.8, 4) is 0 Å². The molecule has 0 saturated heterocycles. The molecule has 0 aliphatic carbocycles. The van der Waals surface area contributed by atoms with Crippen molar-refractivity contribution in [3.63, 3.8) is 0 Å². The van der Waals surface area contributed by atoms with Crippen molar-refractivity contribution >= 4 is 38.1 Å². The van der Waals surface area contributed by atoms with E-state index in [1.54, 1.807) is 54.6 Å². The first-order valence-electron chi connectivity index (χ1n) is 9.23. The lowest BCUT2D eigenvalue weighted by molar-refractivity contribution is -0.116. The SMILES string of the molecule is O=C(Cc1ccc(Cl)cc1)Nn1nc(S(=O)(=O)c2ccccc2)c2ccccc2c1=O. The Kier molecular flexibility index (Phi) is 5.58. The van der Waals surface area contributed by atoms with E-state index in [9.17, 15) is 18.0 Å². The molecule has 3 aromatic carbocycles. The van der Waals surface area contributed by atoms with Crippen molar-refractivity contribution < 1.29 is 13.2 Å². The molecule has 0 bridgehead atoms. The summed E-state index contributed by atoms with van der Waals surface area (Å²) >= 11 is 5.85. The van der Waals surface area contributed by atoms with Gasteiger partial charge in [-0.25, -0.2) is 13.8 Å². The molecule has 0 aliphatic rings. The lowest BCUT2D eigenvalue weighted by Crippen LogP contribution is -2.37. The van der Waals surface area contributed by atoms with Gasteiger partial charge >= 0.3 is 0 Å². The standard InChI is InChI=1S/C22H16ClN3O4S/c23-16-12-10-15(11-13-16)14-20(27)24-26-22(28)19-9-5-4-8-18(19)21(25-26)31(29,30)17-6-2-1-3-7-17/h1-13H,14H2,(H,24,27). The average Bonchev–Trinajstić information content (AvgIpc) is 2.78. The number of halogens is 1. The van der Waals surface area contributed by atoms with Crippen molar-refractivity contribution in [2.24, 2.45) is 0 Å². The van der Waals surface area contributed by atoms with E-state index in [-0.39, 0.29) is 27.1 Å². The molecule has 0 saturated carbocycles. The zero-order valence-corrected chi connectivity index (χ0v) is 17.6. The Morgan fingerprint density at radius 3 is 2.19 bits per heavy atom. The van der Waals surface area contributed by atoms with Gasteiger partial charge in [0.1, 0.15) is 0 Å². The number of hydrogen-bond acceptors (Lipinski definition) is 5. The van der Waals surface area contributed by atoms with E-state index in [2.05, 4.69) is 10.5 Å². The fourth-order valence-electron chi connectivity index (χ4n) is 3.09. The third kappa shape index (κ3) is 4.21. The summed E-state index contributed by atoms with van der Waals surface area (Å²) in [6, 6.07) is 20.7. The summed E-state index contributed by atoms with van der Waals surface area (Å²) in [5.41, 5.74) is 2.43. The van der Waals surface area contributed by atoms with Crippen LogP contribution in [-0.2, 0) is 21.1 Å². The Balaban J connectivity index is 1.78. The van der Waals surface area contributed by atoms with Crippen molar-refractivity contribution in [2.75, 3.05) is 5.43 Å².